The highest BCUT2D eigenvalue weighted by Gasteiger charge is 2.27. The molecule has 0 unspecified atom stereocenters. The number of hydrogen-bond donors (Lipinski definition) is 1. The van der Waals surface area contributed by atoms with Gasteiger partial charge in [0.1, 0.15) is 18.2 Å². The van der Waals surface area contributed by atoms with Crippen molar-refractivity contribution < 1.29 is 4.74 Å². The monoisotopic (exact) mass is 427 g/mol. The van der Waals surface area contributed by atoms with E-state index in [1.54, 1.807) is 0 Å². The first kappa shape index (κ1) is 20.6. The Labute approximate surface area is 189 Å². The summed E-state index contributed by atoms with van der Waals surface area (Å²) in [5.41, 5.74) is 11.7. The van der Waals surface area contributed by atoms with E-state index in [0.29, 0.717) is 36.3 Å². The summed E-state index contributed by atoms with van der Waals surface area (Å²) < 4.78 is 6.09. The number of likely N-dealkylation sites (N-methyl/N-ethyl adjacent to an activating group) is 1. The van der Waals surface area contributed by atoms with Gasteiger partial charge in [-0.1, -0.05) is 30.3 Å². The maximum Gasteiger partial charge on any atom is 0.234 e. The average Bonchev–Trinajstić information content (AvgIpc) is 3.22. The summed E-state index contributed by atoms with van der Waals surface area (Å²) in [5.74, 6) is 0.375. The van der Waals surface area contributed by atoms with Gasteiger partial charge in [0.15, 0.2) is 0 Å². The highest BCUT2D eigenvalue weighted by molar-refractivity contribution is 5.97. The minimum atomic E-state index is 0.357. The number of fused-ring (bicyclic) bond motifs is 2. The van der Waals surface area contributed by atoms with E-state index in [-0.39, 0.29) is 0 Å². The molecule has 164 valence electrons. The van der Waals surface area contributed by atoms with Crippen LogP contribution in [-0.4, -0.2) is 42.7 Å². The number of anilines is 2. The average molecular weight is 428 g/mol. The molecule has 2 N–H and O–H groups in total. The number of aryl methyl sites for hydroxylation is 1. The van der Waals surface area contributed by atoms with Crippen LogP contribution in [0.15, 0.2) is 36.4 Å². The lowest BCUT2D eigenvalue weighted by molar-refractivity contribution is 0.192. The molecular formula is C26H29N5O. The van der Waals surface area contributed by atoms with Gasteiger partial charge in [0.05, 0.1) is 17.9 Å². The van der Waals surface area contributed by atoms with E-state index < -0.39 is 0 Å². The van der Waals surface area contributed by atoms with Crippen LogP contribution in [0.2, 0.25) is 0 Å². The molecule has 2 aliphatic rings. The summed E-state index contributed by atoms with van der Waals surface area (Å²) in [4.78, 5) is 9.49. The molecule has 2 aliphatic heterocycles. The van der Waals surface area contributed by atoms with E-state index in [9.17, 15) is 5.26 Å². The van der Waals surface area contributed by atoms with Crippen molar-refractivity contribution in [3.05, 3.63) is 58.8 Å². The molecule has 0 radical (unpaired) electrons. The van der Waals surface area contributed by atoms with Crippen molar-refractivity contribution >= 4 is 22.1 Å². The fourth-order valence-electron chi connectivity index (χ4n) is 5.14. The molecule has 0 saturated carbocycles. The number of pyridine rings is 1. The molecule has 1 atom stereocenters. The fraction of sp³-hybridized carbons (Fsp3) is 0.385. The van der Waals surface area contributed by atoms with Crippen molar-refractivity contribution in [1.29, 1.82) is 5.26 Å². The van der Waals surface area contributed by atoms with E-state index in [0.717, 1.165) is 37.2 Å². The van der Waals surface area contributed by atoms with Gasteiger partial charge in [-0.25, -0.2) is 4.98 Å². The van der Waals surface area contributed by atoms with Crippen molar-refractivity contribution in [3.8, 4) is 11.9 Å². The normalized spacial score (nSPS) is 18.5. The topological polar surface area (TPSA) is 78.4 Å². The van der Waals surface area contributed by atoms with Crippen molar-refractivity contribution in [2.45, 2.75) is 38.8 Å². The van der Waals surface area contributed by atoms with Gasteiger partial charge in [-0.15, -0.1) is 0 Å². The van der Waals surface area contributed by atoms with Crippen LogP contribution < -0.4 is 15.4 Å². The molecule has 1 aromatic heterocycles. The maximum atomic E-state index is 9.75. The van der Waals surface area contributed by atoms with Crippen molar-refractivity contribution in [2.75, 3.05) is 37.4 Å². The summed E-state index contributed by atoms with van der Waals surface area (Å²) in [7, 11) is 2.12. The van der Waals surface area contributed by atoms with Crippen molar-refractivity contribution in [3.63, 3.8) is 0 Å². The third-order valence-electron chi connectivity index (χ3n) is 6.99. The highest BCUT2D eigenvalue weighted by atomic mass is 16.5. The predicted molar refractivity (Wildman–Crippen MR) is 128 cm³/mol. The zero-order valence-corrected chi connectivity index (χ0v) is 18.8. The van der Waals surface area contributed by atoms with Gasteiger partial charge >= 0.3 is 0 Å². The Bertz CT molecular complexity index is 1210. The number of nitrogen functional groups attached to an aromatic ring is 1. The van der Waals surface area contributed by atoms with Crippen LogP contribution in [0.5, 0.6) is 5.88 Å². The number of rotatable bonds is 4. The second-order valence-electron chi connectivity index (χ2n) is 8.95. The lowest BCUT2D eigenvalue weighted by Gasteiger charge is -2.32. The largest absolute Gasteiger partial charge is 0.475 e. The number of likely N-dealkylation sites (tertiary alicyclic amines) is 1. The summed E-state index contributed by atoms with van der Waals surface area (Å²) in [6.07, 6.45) is 3.04. The van der Waals surface area contributed by atoms with Gasteiger partial charge in [0.25, 0.3) is 0 Å². The molecule has 6 heteroatoms. The Morgan fingerprint density at radius 2 is 2.03 bits per heavy atom. The summed E-state index contributed by atoms with van der Waals surface area (Å²) in [5, 5.41) is 12.3. The lowest BCUT2D eigenvalue weighted by atomic mass is 9.97. The first-order valence-corrected chi connectivity index (χ1v) is 11.3. The number of hydrogen-bond acceptors (Lipinski definition) is 6. The first-order chi connectivity index (χ1) is 15.6. The Morgan fingerprint density at radius 3 is 2.78 bits per heavy atom. The predicted octanol–water partition coefficient (Wildman–Crippen LogP) is 4.03. The lowest BCUT2D eigenvalue weighted by Crippen LogP contribution is -2.33. The van der Waals surface area contributed by atoms with Crippen LogP contribution in [0.25, 0.3) is 10.8 Å². The maximum absolute atomic E-state index is 9.75. The molecule has 32 heavy (non-hydrogen) atoms. The molecule has 1 fully saturated rings. The van der Waals surface area contributed by atoms with Crippen LogP contribution in [0.4, 0.5) is 11.4 Å². The van der Waals surface area contributed by atoms with Crippen LogP contribution in [0, 0.1) is 18.3 Å². The molecule has 3 heterocycles. The Morgan fingerprint density at radius 1 is 1.22 bits per heavy atom. The second-order valence-corrected chi connectivity index (χ2v) is 8.95. The van der Waals surface area contributed by atoms with Crippen LogP contribution in [-0.2, 0) is 13.0 Å². The van der Waals surface area contributed by atoms with E-state index in [1.165, 1.54) is 28.4 Å². The SMILES string of the molecule is Cc1cccc2cccc(N3CCc4c(nc(OC[C@@H]5CCCN5C)c(C#N)c4N)C3)c12. The highest BCUT2D eigenvalue weighted by Crippen LogP contribution is 2.36. The van der Waals surface area contributed by atoms with E-state index in [1.807, 2.05) is 0 Å². The van der Waals surface area contributed by atoms with Gasteiger partial charge < -0.3 is 20.3 Å². The minimum Gasteiger partial charge on any atom is -0.475 e. The Hall–Kier alpha value is -3.30. The minimum absolute atomic E-state index is 0.357. The fourth-order valence-corrected chi connectivity index (χ4v) is 5.14. The zero-order valence-electron chi connectivity index (χ0n) is 18.8. The molecule has 1 saturated heterocycles. The number of nitriles is 1. The summed E-state index contributed by atoms with van der Waals surface area (Å²) in [6, 6.07) is 15.5. The van der Waals surface area contributed by atoms with Gasteiger partial charge in [0, 0.05) is 29.2 Å². The molecule has 3 aromatic rings. The molecular weight excluding hydrogens is 398 g/mol. The molecule has 0 aliphatic carbocycles. The number of ether oxygens (including phenoxy) is 1. The van der Waals surface area contributed by atoms with Crippen LogP contribution in [0.3, 0.4) is 0 Å². The molecule has 0 spiro atoms. The number of benzene rings is 2. The number of nitrogens with two attached hydrogens (primary N) is 1. The van der Waals surface area contributed by atoms with Crippen LogP contribution >= 0.6 is 0 Å². The second kappa shape index (κ2) is 8.33. The van der Waals surface area contributed by atoms with Gasteiger partial charge in [-0.3, -0.25) is 0 Å². The van der Waals surface area contributed by atoms with Crippen molar-refractivity contribution in [2.24, 2.45) is 0 Å². The van der Waals surface area contributed by atoms with E-state index in [4.69, 9.17) is 15.5 Å². The van der Waals surface area contributed by atoms with Gasteiger partial charge in [0.2, 0.25) is 5.88 Å². The standard InChI is InChI=1S/C26H29N5O/c1-17-6-3-7-18-8-4-10-23(24(17)18)31-13-11-20-22(15-31)29-26(21(14-27)25(20)28)32-16-19-9-5-12-30(19)2/h3-4,6-8,10,19H,5,9,11-13,15-16H2,1-2H3,(H2,28,29)/t19-/m0/s1. The smallest absolute Gasteiger partial charge is 0.234 e. The summed E-state index contributed by atoms with van der Waals surface area (Å²) in [6.45, 7) is 5.26. The quantitative estimate of drug-likeness (QED) is 0.677. The van der Waals surface area contributed by atoms with Crippen LogP contribution in [0.1, 0.15) is 35.2 Å². The third-order valence-corrected chi connectivity index (χ3v) is 6.99. The molecule has 0 bridgehead atoms. The third kappa shape index (κ3) is 3.53. The molecule has 0 amide bonds. The molecule has 5 rings (SSSR count). The zero-order chi connectivity index (χ0) is 22.2. The number of aromatic nitrogens is 1. The number of nitrogens with zero attached hydrogens (tertiary/aromatic N) is 4. The first-order valence-electron chi connectivity index (χ1n) is 11.3. The van der Waals surface area contributed by atoms with Gasteiger partial charge in [-0.05, 0) is 56.8 Å². The van der Waals surface area contributed by atoms with Gasteiger partial charge in [-0.2, -0.15) is 5.26 Å². The Balaban J connectivity index is 1.48. The molecule has 2 aromatic carbocycles. The van der Waals surface area contributed by atoms with E-state index in [2.05, 4.69) is 66.2 Å². The Kier molecular flexibility index (Phi) is 5.36. The van der Waals surface area contributed by atoms with Crippen molar-refractivity contribution in [1.82, 2.24) is 9.88 Å². The molecule has 6 nitrogen and oxygen atoms in total. The summed E-state index contributed by atoms with van der Waals surface area (Å²) >= 11 is 0. The van der Waals surface area contributed by atoms with E-state index >= 15 is 0 Å².